The minimum atomic E-state index is -3.12. The summed E-state index contributed by atoms with van der Waals surface area (Å²) >= 11 is 16.5. The molecule has 8 heteroatoms. The van der Waals surface area contributed by atoms with Gasteiger partial charge in [0.05, 0.1) is 0 Å². The van der Waals surface area contributed by atoms with E-state index in [0.717, 1.165) is 12.5 Å². The van der Waals surface area contributed by atoms with Gasteiger partial charge in [0.25, 0.3) is 11.0 Å². The highest BCUT2D eigenvalue weighted by Crippen LogP contribution is 2.25. The van der Waals surface area contributed by atoms with Crippen molar-refractivity contribution in [2.24, 2.45) is 0 Å². The van der Waals surface area contributed by atoms with E-state index in [2.05, 4.69) is 0 Å². The van der Waals surface area contributed by atoms with Crippen molar-refractivity contribution in [1.29, 1.82) is 0 Å². The fourth-order valence-corrected chi connectivity index (χ4v) is 2.55. The van der Waals surface area contributed by atoms with Crippen molar-refractivity contribution in [2.45, 2.75) is 19.4 Å². The summed E-state index contributed by atoms with van der Waals surface area (Å²) < 4.78 is 24.2. The van der Waals surface area contributed by atoms with Gasteiger partial charge in [0.15, 0.2) is 0 Å². The molecule has 0 fully saturated rings. The molecular formula is C3H9Cl3O3SSi. The zero-order valence-corrected chi connectivity index (χ0v) is 9.92. The van der Waals surface area contributed by atoms with E-state index in [1.807, 2.05) is 6.92 Å². The highest BCUT2D eigenvalue weighted by atomic mass is 35.8. The molecular weight excluding hydrogens is 251 g/mol. The molecule has 0 aromatic heterocycles. The molecule has 0 bridgehead atoms. The average Bonchev–Trinajstić information content (AvgIpc) is 1.58. The molecule has 11 heavy (non-hydrogen) atoms. The van der Waals surface area contributed by atoms with Crippen LogP contribution in [0, 0.1) is 0 Å². The van der Waals surface area contributed by atoms with Crippen LogP contribution in [0.3, 0.4) is 0 Å². The van der Waals surface area contributed by atoms with Crippen molar-refractivity contribution in [2.75, 3.05) is 0 Å². The first kappa shape index (κ1) is 14.5. The van der Waals surface area contributed by atoms with Crippen molar-refractivity contribution in [3.05, 3.63) is 0 Å². The third-order valence-electron chi connectivity index (χ3n) is 0.533. The van der Waals surface area contributed by atoms with E-state index in [4.69, 9.17) is 46.2 Å². The van der Waals surface area contributed by atoms with Crippen LogP contribution in [-0.4, -0.2) is 19.0 Å². The van der Waals surface area contributed by atoms with Gasteiger partial charge in [0.2, 0.25) is 0 Å². The lowest BCUT2D eigenvalue weighted by Gasteiger charge is -2.01. The molecule has 0 radical (unpaired) electrons. The van der Waals surface area contributed by atoms with Gasteiger partial charge in [-0.3, -0.25) is 4.55 Å². The topological polar surface area (TPSA) is 54.4 Å². The summed E-state index contributed by atoms with van der Waals surface area (Å²) in [6, 6.07) is -1.47. The molecule has 0 aromatic carbocycles. The van der Waals surface area contributed by atoms with E-state index in [0.29, 0.717) is 0 Å². The molecule has 0 saturated carbocycles. The van der Waals surface area contributed by atoms with Gasteiger partial charge in [-0.2, -0.15) is 0 Å². The van der Waals surface area contributed by atoms with Crippen LogP contribution in [0.2, 0.25) is 6.04 Å². The number of hydrogen-bond donors (Lipinski definition) is 2. The van der Waals surface area contributed by atoms with Gasteiger partial charge in [-0.25, -0.2) is 8.42 Å². The highest BCUT2D eigenvalue weighted by molar-refractivity contribution is 7.66. The number of halogens is 3. The van der Waals surface area contributed by atoms with E-state index < -0.39 is 17.0 Å². The maximum absolute atomic E-state index is 8.59. The van der Waals surface area contributed by atoms with Gasteiger partial charge >= 0.3 is 6.00 Å². The quantitative estimate of drug-likeness (QED) is 0.346. The van der Waals surface area contributed by atoms with E-state index in [9.17, 15) is 0 Å². The van der Waals surface area contributed by atoms with Gasteiger partial charge in [-0.05, 0) is 6.04 Å². The lowest BCUT2D eigenvalue weighted by atomic mass is 10.6. The van der Waals surface area contributed by atoms with Gasteiger partial charge in [-0.15, -0.1) is 33.2 Å². The molecule has 0 unspecified atom stereocenters. The van der Waals surface area contributed by atoms with Gasteiger partial charge in [-0.1, -0.05) is 13.3 Å². The van der Waals surface area contributed by atoms with E-state index >= 15 is 0 Å². The summed E-state index contributed by atoms with van der Waals surface area (Å²) in [6.07, 6.45) is 0.975. The molecule has 1 N–H and O–H groups in total. The minimum Gasteiger partial charge on any atom is -0.288 e. The zero-order valence-electron chi connectivity index (χ0n) is 5.76. The minimum absolute atomic E-state index is 0.775. The molecule has 70 valence electrons. The van der Waals surface area contributed by atoms with Crippen molar-refractivity contribution in [1.82, 2.24) is 0 Å². The predicted molar refractivity (Wildman–Crippen MR) is 51.4 cm³/mol. The highest BCUT2D eigenvalue weighted by Gasteiger charge is 2.22. The molecule has 0 aliphatic carbocycles. The summed E-state index contributed by atoms with van der Waals surface area (Å²) in [7, 11) is -3.12. The van der Waals surface area contributed by atoms with Gasteiger partial charge < -0.3 is 0 Å². The Kier molecular flexibility index (Phi) is 10.1. The third kappa shape index (κ3) is 35.6. The van der Waals surface area contributed by atoms with Crippen LogP contribution < -0.4 is 0 Å². The second-order valence-electron chi connectivity index (χ2n) is 1.60. The fraction of sp³-hybridized carbons (Fsp3) is 1.00. The largest absolute Gasteiger partial charge is 0.341 e. The standard InChI is InChI=1S/C3H7Cl3Si.H2O3S/c1-2-3-7(4,5)6;1-4(2)3/h2-3H2,1H3;4H,(H,1,2,3). The monoisotopic (exact) mass is 258 g/mol. The van der Waals surface area contributed by atoms with Crippen LogP contribution in [-0.2, 0) is 11.0 Å². The molecule has 0 aliphatic rings. The molecule has 0 saturated heterocycles. The summed E-state index contributed by atoms with van der Waals surface area (Å²) in [5, 5.41) is 0. The van der Waals surface area contributed by atoms with Crippen molar-refractivity contribution in [3.8, 4) is 0 Å². The van der Waals surface area contributed by atoms with E-state index in [-0.39, 0.29) is 0 Å². The van der Waals surface area contributed by atoms with Gasteiger partial charge in [0, 0.05) is 0 Å². The fourth-order valence-electron chi connectivity index (χ4n) is 0.283. The maximum atomic E-state index is 8.59. The molecule has 3 nitrogen and oxygen atoms in total. The molecule has 0 rings (SSSR count). The lowest BCUT2D eigenvalue weighted by molar-refractivity contribution is 0.509. The SMILES string of the molecule is CCC[Si](Cl)(Cl)Cl.O=[SH](=O)O. The van der Waals surface area contributed by atoms with Crippen LogP contribution in [0.15, 0.2) is 0 Å². The Labute approximate surface area is 82.5 Å². The van der Waals surface area contributed by atoms with Crippen LogP contribution in [0.1, 0.15) is 13.3 Å². The number of rotatable bonds is 2. The van der Waals surface area contributed by atoms with Crippen LogP contribution in [0.5, 0.6) is 0 Å². The second kappa shape index (κ2) is 7.64. The first-order chi connectivity index (χ1) is 4.79. The Bertz CT molecular complexity index is 146. The Morgan fingerprint density at radius 1 is 1.36 bits per heavy atom. The average molecular weight is 260 g/mol. The normalized spacial score (nSPS) is 10.7. The summed E-state index contributed by atoms with van der Waals surface area (Å²) in [5.41, 5.74) is 0. The number of thiol groups is 1. The first-order valence-corrected chi connectivity index (χ1v) is 9.07. The lowest BCUT2D eigenvalue weighted by Crippen LogP contribution is -2.06. The maximum Gasteiger partial charge on any atom is 0.341 e. The predicted octanol–water partition coefficient (Wildman–Crippen LogP) is 2.12. The van der Waals surface area contributed by atoms with Crippen LogP contribution in [0.4, 0.5) is 0 Å². The summed E-state index contributed by atoms with van der Waals surface area (Å²) in [6.45, 7) is 2.01. The van der Waals surface area contributed by atoms with Crippen LogP contribution in [0.25, 0.3) is 0 Å². The molecule has 0 aliphatic heterocycles. The molecule has 0 heterocycles. The molecule has 0 atom stereocenters. The number of hydrogen-bond acceptors (Lipinski definition) is 2. The first-order valence-electron chi connectivity index (χ1n) is 2.69. The zero-order chi connectivity index (χ0) is 9.49. The molecule has 0 spiro atoms. The molecule has 0 aromatic rings. The Morgan fingerprint density at radius 3 is 1.64 bits per heavy atom. The Balaban J connectivity index is 0. The summed E-state index contributed by atoms with van der Waals surface area (Å²) in [5.74, 6) is 0. The Hall–Kier alpha value is 0.997. The van der Waals surface area contributed by atoms with Crippen molar-refractivity contribution < 1.29 is 13.0 Å². The van der Waals surface area contributed by atoms with E-state index in [1.54, 1.807) is 0 Å². The third-order valence-corrected chi connectivity index (χ3v) is 3.30. The van der Waals surface area contributed by atoms with Gasteiger partial charge in [0.1, 0.15) is 0 Å². The van der Waals surface area contributed by atoms with Crippen LogP contribution >= 0.6 is 33.2 Å². The van der Waals surface area contributed by atoms with E-state index in [1.165, 1.54) is 0 Å². The summed E-state index contributed by atoms with van der Waals surface area (Å²) in [4.78, 5) is 0. The second-order valence-corrected chi connectivity index (χ2v) is 11.4. The Morgan fingerprint density at radius 2 is 1.64 bits per heavy atom. The van der Waals surface area contributed by atoms with Crippen molar-refractivity contribution in [3.63, 3.8) is 0 Å². The smallest absolute Gasteiger partial charge is 0.288 e. The van der Waals surface area contributed by atoms with Crippen molar-refractivity contribution >= 4 is 50.2 Å². The molecule has 0 amide bonds.